The fraction of sp³-hybridized carbons (Fsp3) is 0.393. The predicted molar refractivity (Wildman–Crippen MR) is 147 cm³/mol. The topological polar surface area (TPSA) is 145 Å². The van der Waals surface area contributed by atoms with E-state index in [2.05, 4.69) is 5.16 Å². The lowest BCUT2D eigenvalue weighted by molar-refractivity contribution is -0.402. The van der Waals surface area contributed by atoms with Gasteiger partial charge in [0, 0.05) is 18.3 Å². The van der Waals surface area contributed by atoms with Crippen molar-refractivity contribution in [1.29, 1.82) is 0 Å². The molecule has 2 amide bonds. The summed E-state index contributed by atoms with van der Waals surface area (Å²) in [5, 5.41) is 14.7. The second-order valence-electron chi connectivity index (χ2n) is 11.0. The number of nitrogens with zero attached hydrogens (tertiary/aromatic N) is 5. The number of hydrogen-bond donors (Lipinski definition) is 0. The van der Waals surface area contributed by atoms with E-state index in [1.54, 1.807) is 45.0 Å². The van der Waals surface area contributed by atoms with Crippen LogP contribution in [0.15, 0.2) is 63.5 Å². The Morgan fingerprint density at radius 1 is 1.21 bits per heavy atom. The smallest absolute Gasteiger partial charge is 0.433 e. The Kier molecular flexibility index (Phi) is 7.98. The number of cyclic esters (lactones) is 1. The van der Waals surface area contributed by atoms with Gasteiger partial charge in [0.25, 0.3) is 0 Å². The first kappa shape index (κ1) is 28.8. The summed E-state index contributed by atoms with van der Waals surface area (Å²) in [5.41, 5.74) is 1.07. The van der Waals surface area contributed by atoms with E-state index in [-0.39, 0.29) is 43.7 Å². The van der Waals surface area contributed by atoms with Crippen molar-refractivity contribution < 1.29 is 37.3 Å². The first-order valence-electron chi connectivity index (χ1n) is 13.3. The van der Waals surface area contributed by atoms with Gasteiger partial charge in [0.05, 0.1) is 32.2 Å². The zero-order valence-corrected chi connectivity index (χ0v) is 23.3. The molecule has 3 aromatic rings. The standard InChI is InChI=1S/C28H30FN5O8/c1-28(2,3)42-27(36)33(24-11-13-39-30-24)16-21-15-32(26(35)41-21)19-6-4-18(5-7-19)22-10-12-31(17-23(22)29)14-20-8-9-25(40-20)34(37)38/h4-9,11,13,21H,10,12,14-17H2,1-3H3/t21-/m0/s1. The second kappa shape index (κ2) is 11.6. The van der Waals surface area contributed by atoms with Crippen LogP contribution in [0.5, 0.6) is 0 Å². The van der Waals surface area contributed by atoms with Gasteiger partial charge in [-0.15, -0.1) is 0 Å². The second-order valence-corrected chi connectivity index (χ2v) is 11.0. The van der Waals surface area contributed by atoms with Crippen molar-refractivity contribution >= 4 is 35.1 Å². The molecule has 0 unspecified atom stereocenters. The Bertz CT molecular complexity index is 1480. The molecule has 13 nitrogen and oxygen atoms in total. The number of rotatable bonds is 8. The monoisotopic (exact) mass is 583 g/mol. The molecule has 0 spiro atoms. The van der Waals surface area contributed by atoms with Gasteiger partial charge in [0.15, 0.2) is 5.82 Å². The highest BCUT2D eigenvalue weighted by atomic mass is 19.1. The fourth-order valence-electron chi connectivity index (χ4n) is 4.78. The number of anilines is 2. The number of benzene rings is 1. The maximum Gasteiger partial charge on any atom is 0.433 e. The van der Waals surface area contributed by atoms with E-state index in [0.29, 0.717) is 35.5 Å². The predicted octanol–water partition coefficient (Wildman–Crippen LogP) is 5.53. The van der Waals surface area contributed by atoms with Crippen LogP contribution in [0.2, 0.25) is 0 Å². The highest BCUT2D eigenvalue weighted by Crippen LogP contribution is 2.32. The molecule has 4 heterocycles. The summed E-state index contributed by atoms with van der Waals surface area (Å²) in [6, 6.07) is 11.2. The zero-order chi connectivity index (χ0) is 30.0. The number of carbonyl (C=O) groups excluding carboxylic acids is 2. The van der Waals surface area contributed by atoms with Crippen molar-refractivity contribution in [2.24, 2.45) is 0 Å². The molecule has 0 bridgehead atoms. The zero-order valence-electron chi connectivity index (χ0n) is 23.3. The van der Waals surface area contributed by atoms with Crippen LogP contribution in [-0.4, -0.2) is 65.1 Å². The van der Waals surface area contributed by atoms with Crippen molar-refractivity contribution in [3.8, 4) is 0 Å². The van der Waals surface area contributed by atoms with E-state index in [9.17, 15) is 19.7 Å². The Morgan fingerprint density at radius 3 is 2.60 bits per heavy atom. The molecular formula is C28H30FN5O8. The Hall–Kier alpha value is -4.72. The van der Waals surface area contributed by atoms with E-state index in [1.807, 2.05) is 4.90 Å². The van der Waals surface area contributed by atoms with E-state index < -0.39 is 28.8 Å². The molecule has 1 atom stereocenters. The van der Waals surface area contributed by atoms with Gasteiger partial charge in [-0.3, -0.25) is 24.8 Å². The third-order valence-corrected chi connectivity index (χ3v) is 6.68. The van der Waals surface area contributed by atoms with Crippen LogP contribution in [0.4, 0.5) is 31.4 Å². The van der Waals surface area contributed by atoms with Crippen molar-refractivity contribution in [1.82, 2.24) is 10.1 Å². The molecule has 222 valence electrons. The van der Waals surface area contributed by atoms with Gasteiger partial charge in [-0.05, 0) is 56.5 Å². The highest BCUT2D eigenvalue weighted by molar-refractivity contribution is 5.91. The van der Waals surface area contributed by atoms with Crippen LogP contribution in [0, 0.1) is 10.1 Å². The summed E-state index contributed by atoms with van der Waals surface area (Å²) < 4.78 is 36.2. The number of halogens is 1. The Labute approximate surface area is 240 Å². The van der Waals surface area contributed by atoms with E-state index in [0.717, 1.165) is 0 Å². The molecule has 2 aliphatic heterocycles. The van der Waals surface area contributed by atoms with Crippen LogP contribution >= 0.6 is 0 Å². The number of aromatic nitrogens is 1. The molecule has 1 saturated heterocycles. The SMILES string of the molecule is CC(C)(C)OC(=O)N(C[C@@H]1CN(c2ccc(C3=C(F)CN(Cc4ccc([N+](=O)[O-])o4)CC3)cc2)C(=O)O1)c1ccon1. The minimum Gasteiger partial charge on any atom is -0.443 e. The third-order valence-electron chi connectivity index (χ3n) is 6.68. The van der Waals surface area contributed by atoms with Crippen LogP contribution in [0.1, 0.15) is 38.5 Å². The average Bonchev–Trinajstić information content (AvgIpc) is 3.68. The van der Waals surface area contributed by atoms with E-state index >= 15 is 4.39 Å². The molecule has 0 N–H and O–H groups in total. The number of furan rings is 1. The molecule has 1 aromatic carbocycles. The molecule has 0 radical (unpaired) electrons. The van der Waals surface area contributed by atoms with Gasteiger partial charge < -0.3 is 18.4 Å². The molecule has 0 saturated carbocycles. The summed E-state index contributed by atoms with van der Waals surface area (Å²) >= 11 is 0. The summed E-state index contributed by atoms with van der Waals surface area (Å²) in [7, 11) is 0. The van der Waals surface area contributed by atoms with Crippen molar-refractivity contribution in [3.05, 3.63) is 76.0 Å². The average molecular weight is 584 g/mol. The van der Waals surface area contributed by atoms with Crippen LogP contribution in [0.3, 0.4) is 0 Å². The maximum absolute atomic E-state index is 15.1. The highest BCUT2D eigenvalue weighted by Gasteiger charge is 2.37. The summed E-state index contributed by atoms with van der Waals surface area (Å²) in [4.78, 5) is 40.3. The first-order valence-corrected chi connectivity index (χ1v) is 13.3. The fourth-order valence-corrected chi connectivity index (χ4v) is 4.78. The maximum atomic E-state index is 15.1. The summed E-state index contributed by atoms with van der Waals surface area (Å²) in [6.07, 6.45) is -0.127. The summed E-state index contributed by atoms with van der Waals surface area (Å²) in [6.45, 7) is 6.25. The van der Waals surface area contributed by atoms with Crippen molar-refractivity contribution in [2.45, 2.75) is 45.4 Å². The molecule has 5 rings (SSSR count). The number of amides is 2. The molecular weight excluding hydrogens is 553 g/mol. The third kappa shape index (κ3) is 6.60. The number of hydrogen-bond acceptors (Lipinski definition) is 10. The van der Waals surface area contributed by atoms with Crippen molar-refractivity contribution in [3.63, 3.8) is 0 Å². The lowest BCUT2D eigenvalue weighted by atomic mass is 9.98. The van der Waals surface area contributed by atoms with Gasteiger partial charge in [-0.1, -0.05) is 17.3 Å². The minimum absolute atomic E-state index is 0.00171. The Morgan fingerprint density at radius 2 is 1.98 bits per heavy atom. The molecule has 2 aromatic heterocycles. The normalized spacial score (nSPS) is 17.9. The van der Waals surface area contributed by atoms with Crippen LogP contribution < -0.4 is 9.80 Å². The van der Waals surface area contributed by atoms with Gasteiger partial charge in [-0.2, -0.15) is 0 Å². The molecule has 14 heteroatoms. The lowest BCUT2D eigenvalue weighted by Gasteiger charge is -2.27. The molecule has 2 aliphatic rings. The van der Waals surface area contributed by atoms with Crippen LogP contribution in [-0.2, 0) is 16.0 Å². The number of carbonyl (C=O) groups is 2. The Balaban J connectivity index is 1.22. The van der Waals surface area contributed by atoms with Gasteiger partial charge >= 0.3 is 18.1 Å². The molecule has 0 aliphatic carbocycles. The van der Waals surface area contributed by atoms with Crippen LogP contribution in [0.25, 0.3) is 5.57 Å². The summed E-state index contributed by atoms with van der Waals surface area (Å²) in [5.74, 6) is -0.0172. The number of nitro groups is 1. The molecule has 42 heavy (non-hydrogen) atoms. The largest absolute Gasteiger partial charge is 0.443 e. The van der Waals surface area contributed by atoms with E-state index in [1.165, 1.54) is 34.3 Å². The first-order chi connectivity index (χ1) is 20.0. The van der Waals surface area contributed by atoms with Gasteiger partial charge in [0.2, 0.25) is 0 Å². The van der Waals surface area contributed by atoms with E-state index in [4.69, 9.17) is 18.4 Å². The number of ether oxygens (including phenoxy) is 2. The van der Waals surface area contributed by atoms with Gasteiger partial charge in [0.1, 0.15) is 34.5 Å². The lowest BCUT2D eigenvalue weighted by Crippen LogP contribution is -2.42. The van der Waals surface area contributed by atoms with Crippen molar-refractivity contribution in [2.75, 3.05) is 36.0 Å². The minimum atomic E-state index is -0.743. The quantitative estimate of drug-likeness (QED) is 0.245. The molecule has 1 fully saturated rings. The van der Waals surface area contributed by atoms with Gasteiger partial charge in [-0.25, -0.2) is 14.0 Å².